The Morgan fingerprint density at radius 2 is 1.55 bits per heavy atom. The Balaban J connectivity index is 1.07. The Morgan fingerprint density at radius 1 is 0.872 bits per heavy atom. The molecule has 20 heteroatoms. The molecule has 1 amide bonds. The summed E-state index contributed by atoms with van der Waals surface area (Å²) in [5.74, 6) is -5.70. The summed E-state index contributed by atoms with van der Waals surface area (Å²) < 4.78 is 56.8. The van der Waals surface area contributed by atoms with Crippen LogP contribution in [0.15, 0.2) is 23.8 Å². The third kappa shape index (κ3) is 12.5. The van der Waals surface area contributed by atoms with E-state index in [9.17, 15) is 50.1 Å². The Hall–Kier alpha value is -2.54. The number of carbonyl (C=O) groups excluding carboxylic acids is 3. The van der Waals surface area contributed by atoms with Crippen LogP contribution < -0.4 is 5.32 Å². The van der Waals surface area contributed by atoms with Crippen LogP contribution in [0, 0.1) is 46.3 Å². The van der Waals surface area contributed by atoms with Gasteiger partial charge in [0.15, 0.2) is 29.6 Å². The number of ketones is 1. The monoisotopic (exact) mass is 1220 g/mol. The molecule has 4 saturated carbocycles. The zero-order valence-electron chi connectivity index (χ0n) is 54.4. The molecule has 0 aromatic heterocycles. The number of ether oxygens (including phenoxy) is 6. The van der Waals surface area contributed by atoms with Gasteiger partial charge in [-0.3, -0.25) is 24.2 Å². The van der Waals surface area contributed by atoms with Crippen molar-refractivity contribution < 1.29 is 82.9 Å². The molecular formula is C66H110FN3O16. The lowest BCUT2D eigenvalue weighted by Crippen LogP contribution is -2.70. The van der Waals surface area contributed by atoms with Crippen molar-refractivity contribution in [3.8, 4) is 0 Å². The lowest BCUT2D eigenvalue weighted by Gasteiger charge is -2.62. The molecule has 5 aliphatic carbocycles. The van der Waals surface area contributed by atoms with E-state index < -0.39 is 148 Å². The normalized spacial score (nSPS) is 49.4. The molecule has 8 N–H and O–H groups in total. The van der Waals surface area contributed by atoms with Gasteiger partial charge in [0, 0.05) is 74.0 Å². The summed E-state index contributed by atoms with van der Waals surface area (Å²) in [6.07, 6.45) is -0.110. The largest absolute Gasteiger partial charge is 0.459 e. The maximum Gasteiger partial charge on any atom is 0.311 e. The Bertz CT molecular complexity index is 2440. The second kappa shape index (κ2) is 26.2. The Labute approximate surface area is 511 Å². The summed E-state index contributed by atoms with van der Waals surface area (Å²) in [5.41, 5.74) is -10.7. The number of rotatable bonds is 13. The van der Waals surface area contributed by atoms with E-state index in [-0.39, 0.29) is 75.2 Å². The number of cyclic esters (lactones) is 1. The first-order valence-electron chi connectivity index (χ1n) is 32.7. The van der Waals surface area contributed by atoms with Crippen LogP contribution in [-0.4, -0.2) is 211 Å². The molecule has 0 bridgehead atoms. The van der Waals surface area contributed by atoms with Crippen LogP contribution in [0.5, 0.6) is 0 Å². The van der Waals surface area contributed by atoms with Gasteiger partial charge in [0.25, 0.3) is 5.91 Å². The fraction of sp³-hybridized carbons (Fsp3) is 0.894. The SMILES string of the molecule is CC[C@H]1OC(=O)[C@H](C)[C@@H](O[C@H]2C[C@@](C)(OC)[C@@H](O)[C@H](C)O2)[C@H](C)[C@@H](O[C@@H]2O[C@H](C)C[C@H](N(C)C3CCCCC3)[C@H]2O)[C@](C)(O)C[C@@H](C)CN(CCCNC(=O)[C@@]2(O)[C@H](C)CC3C4CCC5=CC(=O)C=C[C@]5(C)[C@@]4(F)[C@@H](O)C[C@@]32C)[C@H](C)[C@@H](O)[C@]1(C)O. The number of nitrogens with zero attached hydrogens (tertiary/aromatic N) is 2. The van der Waals surface area contributed by atoms with Crippen molar-refractivity contribution in [1.82, 2.24) is 15.1 Å². The fourth-order valence-electron chi connectivity index (χ4n) is 18.2. The standard InChI is InChI=1S/C66H110FN3O16/c1-16-50-64(13,79)54(74)41(7)70(28-20-27-68-59(77)66(80)37(3)29-47-46-24-23-43-31-45(71)25-26-60(43,9)65(46,67)49(72)33-61(47,66)10)35-36(2)32-62(11,78)56(86-58-52(73)48(30-38(4)82-58)69(14)44-21-18-17-19-22-44)39(5)53(40(6)57(76)84-50)85-51-34-63(12,81-15)55(75)42(8)83-51/h25-26,31,36-42,44,46-56,58,72-75,78-80H,16-24,27-30,32-35H2,1-15H3,(H,68,77)/t36-,37-,38-,39+,40-,41-,42+,46?,47?,48+,49+,50-,51+,52-,53+,54-,55+,56-,58+,60+,61+,62-,63-,64-,65+,66+/m1/s1. The second-order valence-electron chi connectivity index (χ2n) is 29.5. The zero-order chi connectivity index (χ0) is 63.6. The van der Waals surface area contributed by atoms with Crippen LogP contribution >= 0.6 is 0 Å². The van der Waals surface area contributed by atoms with Crippen molar-refractivity contribution in [2.45, 2.75) is 294 Å². The molecule has 0 spiro atoms. The summed E-state index contributed by atoms with van der Waals surface area (Å²) in [7, 11) is 3.55. The van der Waals surface area contributed by atoms with Crippen molar-refractivity contribution in [2.75, 3.05) is 33.8 Å². The number of halogens is 1. The molecule has 0 radical (unpaired) electrons. The molecule has 8 rings (SSSR count). The van der Waals surface area contributed by atoms with Crippen LogP contribution in [0.2, 0.25) is 0 Å². The Morgan fingerprint density at radius 3 is 2.20 bits per heavy atom. The van der Waals surface area contributed by atoms with E-state index in [1.54, 1.807) is 68.4 Å². The Kier molecular flexibility index (Phi) is 21.1. The summed E-state index contributed by atoms with van der Waals surface area (Å²) >= 11 is 0. The number of alkyl halides is 1. The third-order valence-corrected chi connectivity index (χ3v) is 23.5. The van der Waals surface area contributed by atoms with Crippen LogP contribution in [0.1, 0.15) is 180 Å². The van der Waals surface area contributed by atoms with Gasteiger partial charge >= 0.3 is 5.97 Å². The summed E-state index contributed by atoms with van der Waals surface area (Å²) in [6, 6.07) is -0.865. The average molecular weight is 1220 g/mol. The first-order chi connectivity index (χ1) is 40.1. The van der Waals surface area contributed by atoms with Gasteiger partial charge in [0.2, 0.25) is 0 Å². The van der Waals surface area contributed by atoms with E-state index in [0.29, 0.717) is 37.7 Å². The van der Waals surface area contributed by atoms with Gasteiger partial charge in [-0.1, -0.05) is 65.5 Å². The number of esters is 1. The maximum atomic E-state index is 18.0. The molecule has 0 aromatic carbocycles. The van der Waals surface area contributed by atoms with E-state index in [0.717, 1.165) is 25.7 Å². The molecule has 19 nitrogen and oxygen atoms in total. The van der Waals surface area contributed by atoms with Crippen LogP contribution in [0.25, 0.3) is 0 Å². The molecule has 3 saturated heterocycles. The highest BCUT2D eigenvalue weighted by Crippen LogP contribution is 2.70. The number of amides is 1. The average Bonchev–Trinajstić information content (AvgIpc) is 1.34. The fourth-order valence-corrected chi connectivity index (χ4v) is 18.2. The van der Waals surface area contributed by atoms with Gasteiger partial charge in [-0.15, -0.1) is 0 Å². The number of methoxy groups -OCH3 is 1. The van der Waals surface area contributed by atoms with Crippen LogP contribution in [0.3, 0.4) is 0 Å². The van der Waals surface area contributed by atoms with Gasteiger partial charge in [0.05, 0.1) is 47.6 Å². The van der Waals surface area contributed by atoms with Gasteiger partial charge in [-0.2, -0.15) is 0 Å². The smallest absolute Gasteiger partial charge is 0.311 e. The van der Waals surface area contributed by atoms with Crippen molar-refractivity contribution in [3.05, 3.63) is 23.8 Å². The molecule has 3 heterocycles. The molecule has 7 fully saturated rings. The first-order valence-corrected chi connectivity index (χ1v) is 32.7. The number of hydrogen-bond acceptors (Lipinski definition) is 18. The molecular weight excluding hydrogens is 1110 g/mol. The minimum absolute atomic E-state index is 0.0689. The van der Waals surface area contributed by atoms with Gasteiger partial charge in [0.1, 0.15) is 30.0 Å². The highest BCUT2D eigenvalue weighted by atomic mass is 19.1. The molecule has 8 aliphatic rings. The van der Waals surface area contributed by atoms with E-state index in [1.165, 1.54) is 32.6 Å². The van der Waals surface area contributed by atoms with E-state index in [2.05, 4.69) is 10.2 Å². The van der Waals surface area contributed by atoms with Gasteiger partial charge in [-0.25, -0.2) is 4.39 Å². The zero-order valence-corrected chi connectivity index (χ0v) is 54.4. The topological polar surface area (TPSA) is 267 Å². The lowest BCUT2D eigenvalue weighted by atomic mass is 9.44. The van der Waals surface area contributed by atoms with Crippen molar-refractivity contribution >= 4 is 17.7 Å². The molecule has 0 aromatic rings. The predicted molar refractivity (Wildman–Crippen MR) is 320 cm³/mol. The summed E-state index contributed by atoms with van der Waals surface area (Å²) in [6.45, 7) is 23.3. The number of fused-ring (bicyclic) bond motifs is 5. The highest BCUT2D eigenvalue weighted by molar-refractivity contribution is 6.01. The molecule has 86 heavy (non-hydrogen) atoms. The molecule has 3 aliphatic heterocycles. The lowest BCUT2D eigenvalue weighted by molar-refractivity contribution is -0.318. The number of carbonyl (C=O) groups is 3. The minimum atomic E-state index is -2.13. The molecule has 26 atom stereocenters. The van der Waals surface area contributed by atoms with E-state index in [1.807, 2.05) is 32.7 Å². The maximum absolute atomic E-state index is 18.0. The number of aliphatic hydroxyl groups excluding tert-OH is 4. The number of likely N-dealkylation sites (N-methyl/N-ethyl adjacent to an activating group) is 1. The quantitative estimate of drug-likeness (QED) is 0.0797. The predicted octanol–water partition coefficient (Wildman–Crippen LogP) is 5.83. The van der Waals surface area contributed by atoms with Crippen LogP contribution in [0.4, 0.5) is 4.39 Å². The van der Waals surface area contributed by atoms with Crippen LogP contribution in [-0.2, 0) is 42.8 Å². The minimum Gasteiger partial charge on any atom is -0.459 e. The van der Waals surface area contributed by atoms with Gasteiger partial charge in [-0.05, 0) is 157 Å². The van der Waals surface area contributed by atoms with Crippen molar-refractivity contribution in [2.24, 2.45) is 46.3 Å². The number of hydrogen-bond donors (Lipinski definition) is 8. The third-order valence-electron chi connectivity index (χ3n) is 23.5. The van der Waals surface area contributed by atoms with E-state index >= 15 is 4.39 Å². The van der Waals surface area contributed by atoms with Gasteiger partial charge < -0.3 is 69.5 Å². The second-order valence-corrected chi connectivity index (χ2v) is 29.5. The first kappa shape index (κ1) is 69.4. The number of aliphatic hydroxyl groups is 7. The summed E-state index contributed by atoms with van der Waals surface area (Å²) in [5, 5.41) is 89.5. The molecule has 2 unspecified atom stereocenters. The number of nitrogens with one attached hydrogen (secondary N) is 1. The van der Waals surface area contributed by atoms with Crippen molar-refractivity contribution in [1.29, 1.82) is 0 Å². The number of allylic oxidation sites excluding steroid dienone is 4. The van der Waals surface area contributed by atoms with Crippen molar-refractivity contribution in [3.63, 3.8) is 0 Å². The molecule has 492 valence electrons. The highest BCUT2D eigenvalue weighted by Gasteiger charge is 2.76. The summed E-state index contributed by atoms with van der Waals surface area (Å²) in [4.78, 5) is 46.2. The van der Waals surface area contributed by atoms with E-state index in [4.69, 9.17) is 28.4 Å².